The van der Waals surface area contributed by atoms with Crippen LogP contribution in [-0.4, -0.2) is 36.7 Å². The Labute approximate surface area is 129 Å². The van der Waals surface area contributed by atoms with Crippen LogP contribution in [0.1, 0.15) is 36.4 Å². The summed E-state index contributed by atoms with van der Waals surface area (Å²) in [5, 5.41) is 0. The van der Waals surface area contributed by atoms with Gasteiger partial charge in [0, 0.05) is 29.6 Å². The van der Waals surface area contributed by atoms with Gasteiger partial charge in [-0.25, -0.2) is 0 Å². The van der Waals surface area contributed by atoms with E-state index in [0.29, 0.717) is 24.7 Å². The predicted octanol–water partition coefficient (Wildman–Crippen LogP) is 3.01. The molecule has 0 aromatic heterocycles. The first-order valence-electron chi connectivity index (χ1n) is 7.54. The van der Waals surface area contributed by atoms with Gasteiger partial charge in [-0.3, -0.25) is 4.90 Å². The van der Waals surface area contributed by atoms with Crippen molar-refractivity contribution >= 4 is 15.9 Å². The van der Waals surface area contributed by atoms with Gasteiger partial charge in [0.1, 0.15) is 0 Å². The van der Waals surface area contributed by atoms with E-state index in [0.717, 1.165) is 17.6 Å². The minimum Gasteiger partial charge on any atom is -0.375 e. The van der Waals surface area contributed by atoms with Crippen molar-refractivity contribution in [3.63, 3.8) is 0 Å². The fourth-order valence-corrected chi connectivity index (χ4v) is 3.93. The molecular formula is C16H23BrN2O. The molecule has 4 heteroatoms. The molecule has 3 nitrogen and oxygen atoms in total. The second kappa shape index (κ2) is 6.14. The van der Waals surface area contributed by atoms with E-state index < -0.39 is 0 Å². The van der Waals surface area contributed by atoms with Gasteiger partial charge >= 0.3 is 0 Å². The first kappa shape index (κ1) is 14.5. The lowest BCUT2D eigenvalue weighted by atomic mass is 9.99. The fourth-order valence-electron chi connectivity index (χ4n) is 3.68. The molecule has 2 fully saturated rings. The first-order chi connectivity index (χ1) is 9.70. The average Bonchev–Trinajstić information content (AvgIpc) is 2.93. The topological polar surface area (TPSA) is 38.5 Å². The van der Waals surface area contributed by atoms with Crippen molar-refractivity contribution in [2.24, 2.45) is 5.73 Å². The molecule has 20 heavy (non-hydrogen) atoms. The standard InChI is InChI=1S/C16H23BrN2O/c1-11-9-12(5-6-13(11)17)15(10-18)19-7-8-20-16-4-2-3-14(16)19/h5-6,9,14-16H,2-4,7-8,10,18H2,1H3. The van der Waals surface area contributed by atoms with Crippen molar-refractivity contribution in [3.8, 4) is 0 Å². The lowest BCUT2D eigenvalue weighted by Crippen LogP contribution is -2.51. The van der Waals surface area contributed by atoms with Gasteiger partial charge in [-0.15, -0.1) is 0 Å². The molecule has 1 saturated carbocycles. The van der Waals surface area contributed by atoms with E-state index >= 15 is 0 Å². The number of benzene rings is 1. The van der Waals surface area contributed by atoms with Gasteiger partial charge in [0.25, 0.3) is 0 Å². The lowest BCUT2D eigenvalue weighted by molar-refractivity contribution is -0.0711. The van der Waals surface area contributed by atoms with Crippen molar-refractivity contribution in [2.75, 3.05) is 19.7 Å². The number of nitrogens with two attached hydrogens (primary N) is 1. The van der Waals surface area contributed by atoms with Gasteiger partial charge < -0.3 is 10.5 Å². The summed E-state index contributed by atoms with van der Waals surface area (Å²) in [7, 11) is 0. The van der Waals surface area contributed by atoms with Crippen LogP contribution >= 0.6 is 15.9 Å². The van der Waals surface area contributed by atoms with Crippen molar-refractivity contribution in [1.82, 2.24) is 4.90 Å². The molecule has 1 aromatic carbocycles. The highest BCUT2D eigenvalue weighted by Crippen LogP contribution is 2.35. The molecule has 2 N–H and O–H groups in total. The fraction of sp³-hybridized carbons (Fsp3) is 0.625. The molecule has 0 bridgehead atoms. The minimum atomic E-state index is 0.316. The van der Waals surface area contributed by atoms with Crippen LogP contribution in [0, 0.1) is 6.92 Å². The number of hydrogen-bond acceptors (Lipinski definition) is 3. The lowest BCUT2D eigenvalue weighted by Gasteiger charge is -2.42. The number of halogens is 1. The van der Waals surface area contributed by atoms with E-state index in [2.05, 4.69) is 46.0 Å². The van der Waals surface area contributed by atoms with E-state index in [1.54, 1.807) is 0 Å². The van der Waals surface area contributed by atoms with Crippen LogP contribution in [0.2, 0.25) is 0 Å². The van der Waals surface area contributed by atoms with E-state index in [9.17, 15) is 0 Å². The van der Waals surface area contributed by atoms with Gasteiger partial charge in [0.15, 0.2) is 0 Å². The number of rotatable bonds is 3. The molecule has 3 rings (SSSR count). The maximum Gasteiger partial charge on any atom is 0.0731 e. The third-order valence-electron chi connectivity index (χ3n) is 4.72. The Kier molecular flexibility index (Phi) is 4.46. The Bertz CT molecular complexity index is 480. The van der Waals surface area contributed by atoms with Crippen LogP contribution < -0.4 is 5.73 Å². The molecule has 3 unspecified atom stereocenters. The van der Waals surface area contributed by atoms with Gasteiger partial charge in [-0.2, -0.15) is 0 Å². The molecular weight excluding hydrogens is 316 g/mol. The zero-order chi connectivity index (χ0) is 14.1. The van der Waals surface area contributed by atoms with Crippen molar-refractivity contribution in [2.45, 2.75) is 44.4 Å². The second-order valence-corrected chi connectivity index (χ2v) is 6.76. The molecule has 1 saturated heterocycles. The third kappa shape index (κ3) is 2.67. The monoisotopic (exact) mass is 338 g/mol. The van der Waals surface area contributed by atoms with Crippen LogP contribution in [0.4, 0.5) is 0 Å². The van der Waals surface area contributed by atoms with Crippen molar-refractivity contribution < 1.29 is 4.74 Å². The summed E-state index contributed by atoms with van der Waals surface area (Å²) < 4.78 is 7.08. The Hall–Kier alpha value is -0.420. The Morgan fingerprint density at radius 2 is 2.30 bits per heavy atom. The Morgan fingerprint density at radius 1 is 1.45 bits per heavy atom. The summed E-state index contributed by atoms with van der Waals surface area (Å²) in [6.07, 6.45) is 4.16. The van der Waals surface area contributed by atoms with Crippen LogP contribution in [-0.2, 0) is 4.74 Å². The summed E-state index contributed by atoms with van der Waals surface area (Å²) >= 11 is 3.58. The van der Waals surface area contributed by atoms with Crippen LogP contribution in [0.3, 0.4) is 0 Å². The molecule has 1 aromatic rings. The second-order valence-electron chi connectivity index (χ2n) is 5.91. The van der Waals surface area contributed by atoms with E-state index in [1.807, 2.05) is 0 Å². The normalized spacial score (nSPS) is 28.4. The smallest absolute Gasteiger partial charge is 0.0731 e. The van der Waals surface area contributed by atoms with Gasteiger partial charge in [-0.1, -0.05) is 28.1 Å². The number of morpholine rings is 1. The van der Waals surface area contributed by atoms with Crippen molar-refractivity contribution in [3.05, 3.63) is 33.8 Å². The Balaban J connectivity index is 1.86. The highest BCUT2D eigenvalue weighted by atomic mass is 79.9. The summed E-state index contributed by atoms with van der Waals surface area (Å²) in [5.41, 5.74) is 8.72. The van der Waals surface area contributed by atoms with E-state index in [4.69, 9.17) is 10.5 Å². The quantitative estimate of drug-likeness (QED) is 0.920. The molecule has 3 atom stereocenters. The van der Waals surface area contributed by atoms with Crippen LogP contribution in [0.25, 0.3) is 0 Å². The van der Waals surface area contributed by atoms with Gasteiger partial charge in [-0.05, 0) is 43.4 Å². The molecule has 2 aliphatic rings. The predicted molar refractivity (Wildman–Crippen MR) is 84.8 cm³/mol. The molecule has 0 radical (unpaired) electrons. The average molecular weight is 339 g/mol. The van der Waals surface area contributed by atoms with Gasteiger partial charge in [0.2, 0.25) is 0 Å². The number of fused-ring (bicyclic) bond motifs is 1. The minimum absolute atomic E-state index is 0.316. The molecule has 1 aliphatic carbocycles. The summed E-state index contributed by atoms with van der Waals surface area (Å²) in [5.74, 6) is 0. The molecule has 1 aliphatic heterocycles. The SMILES string of the molecule is Cc1cc(C(CN)N2CCOC3CCCC32)ccc1Br. The Morgan fingerprint density at radius 3 is 3.05 bits per heavy atom. The first-order valence-corrected chi connectivity index (χ1v) is 8.33. The van der Waals surface area contributed by atoms with Gasteiger partial charge in [0.05, 0.1) is 12.7 Å². The highest BCUT2D eigenvalue weighted by Gasteiger charge is 2.39. The van der Waals surface area contributed by atoms with Crippen LogP contribution in [0.5, 0.6) is 0 Å². The zero-order valence-electron chi connectivity index (χ0n) is 12.0. The summed E-state index contributed by atoms with van der Waals surface area (Å²) in [6, 6.07) is 7.48. The largest absolute Gasteiger partial charge is 0.375 e. The molecule has 1 heterocycles. The molecule has 0 spiro atoms. The maximum absolute atomic E-state index is 6.11. The third-order valence-corrected chi connectivity index (χ3v) is 5.61. The maximum atomic E-state index is 6.11. The summed E-state index contributed by atoms with van der Waals surface area (Å²) in [4.78, 5) is 2.59. The molecule has 110 valence electrons. The van der Waals surface area contributed by atoms with E-state index in [1.165, 1.54) is 30.4 Å². The number of hydrogen-bond donors (Lipinski definition) is 1. The highest BCUT2D eigenvalue weighted by molar-refractivity contribution is 9.10. The number of nitrogens with zero attached hydrogens (tertiary/aromatic N) is 1. The number of aryl methyl sites for hydroxylation is 1. The zero-order valence-corrected chi connectivity index (χ0v) is 13.6. The van der Waals surface area contributed by atoms with Crippen molar-refractivity contribution in [1.29, 1.82) is 0 Å². The van der Waals surface area contributed by atoms with E-state index in [-0.39, 0.29) is 0 Å². The number of ether oxygens (including phenoxy) is 1. The summed E-state index contributed by atoms with van der Waals surface area (Å²) in [6.45, 7) is 4.65. The van der Waals surface area contributed by atoms with Crippen LogP contribution in [0.15, 0.2) is 22.7 Å². The molecule has 0 amide bonds.